The smallest absolute Gasteiger partial charge is 0.340 e. The molecule has 0 heterocycles. The molecule has 9 heteroatoms. The number of carbonyl (C=O) groups is 2. The van der Waals surface area contributed by atoms with E-state index in [4.69, 9.17) is 9.47 Å². The SMILES string of the molecule is CCOC(=O)c1ccccc1NC(=O)CN(c1ccccc1Oc1ccccc1)S(C)(=O)=O. The van der Waals surface area contributed by atoms with Crippen molar-refractivity contribution in [2.45, 2.75) is 6.92 Å². The summed E-state index contributed by atoms with van der Waals surface area (Å²) in [6.07, 6.45) is 1.01. The van der Waals surface area contributed by atoms with Gasteiger partial charge in [0.05, 0.1) is 29.8 Å². The van der Waals surface area contributed by atoms with E-state index in [-0.39, 0.29) is 29.3 Å². The lowest BCUT2D eigenvalue weighted by atomic mass is 10.2. The first kappa shape index (κ1) is 23.8. The zero-order chi connectivity index (χ0) is 23.8. The highest BCUT2D eigenvalue weighted by Gasteiger charge is 2.25. The number of amides is 1. The van der Waals surface area contributed by atoms with Gasteiger partial charge in [-0.3, -0.25) is 9.10 Å². The number of hydrogen-bond acceptors (Lipinski definition) is 6. The summed E-state index contributed by atoms with van der Waals surface area (Å²) < 4.78 is 37.0. The third kappa shape index (κ3) is 6.33. The molecule has 0 unspecified atom stereocenters. The normalized spacial score (nSPS) is 10.8. The fraction of sp³-hybridized carbons (Fsp3) is 0.167. The number of nitrogens with zero attached hydrogens (tertiary/aromatic N) is 1. The van der Waals surface area contributed by atoms with Crippen LogP contribution in [0.3, 0.4) is 0 Å². The Morgan fingerprint density at radius 2 is 1.55 bits per heavy atom. The lowest BCUT2D eigenvalue weighted by molar-refractivity contribution is -0.114. The Balaban J connectivity index is 1.87. The minimum atomic E-state index is -3.85. The largest absolute Gasteiger partial charge is 0.462 e. The fourth-order valence-electron chi connectivity index (χ4n) is 3.05. The van der Waals surface area contributed by atoms with E-state index in [2.05, 4.69) is 5.32 Å². The molecule has 33 heavy (non-hydrogen) atoms. The van der Waals surface area contributed by atoms with Crippen molar-refractivity contribution < 1.29 is 27.5 Å². The number of para-hydroxylation sites is 4. The van der Waals surface area contributed by atoms with E-state index in [1.54, 1.807) is 73.7 Å². The van der Waals surface area contributed by atoms with E-state index < -0.39 is 28.4 Å². The van der Waals surface area contributed by atoms with E-state index in [0.29, 0.717) is 5.75 Å². The maximum atomic E-state index is 12.8. The average Bonchev–Trinajstić information content (AvgIpc) is 2.78. The van der Waals surface area contributed by atoms with Crippen LogP contribution in [0, 0.1) is 0 Å². The van der Waals surface area contributed by atoms with Crippen molar-refractivity contribution in [3.8, 4) is 11.5 Å². The van der Waals surface area contributed by atoms with Crippen molar-refractivity contribution in [2.75, 3.05) is 29.0 Å². The number of anilines is 2. The van der Waals surface area contributed by atoms with Gasteiger partial charge in [0.2, 0.25) is 15.9 Å². The number of hydrogen-bond donors (Lipinski definition) is 1. The molecule has 0 aromatic heterocycles. The number of nitrogens with one attached hydrogen (secondary N) is 1. The van der Waals surface area contributed by atoms with Gasteiger partial charge in [-0.1, -0.05) is 42.5 Å². The van der Waals surface area contributed by atoms with Crippen LogP contribution in [0.2, 0.25) is 0 Å². The maximum absolute atomic E-state index is 12.8. The van der Waals surface area contributed by atoms with Gasteiger partial charge in [0.1, 0.15) is 12.3 Å². The van der Waals surface area contributed by atoms with E-state index in [1.165, 1.54) is 6.07 Å². The molecule has 3 rings (SSSR count). The molecule has 0 bridgehead atoms. The third-order valence-electron chi connectivity index (χ3n) is 4.49. The first-order valence-corrected chi connectivity index (χ1v) is 12.0. The van der Waals surface area contributed by atoms with E-state index >= 15 is 0 Å². The van der Waals surface area contributed by atoms with Crippen molar-refractivity contribution in [3.63, 3.8) is 0 Å². The molecule has 8 nitrogen and oxygen atoms in total. The van der Waals surface area contributed by atoms with Gasteiger partial charge < -0.3 is 14.8 Å². The van der Waals surface area contributed by atoms with Gasteiger partial charge >= 0.3 is 5.97 Å². The van der Waals surface area contributed by atoms with Crippen LogP contribution in [0.15, 0.2) is 78.9 Å². The molecule has 0 fully saturated rings. The monoisotopic (exact) mass is 468 g/mol. The van der Waals surface area contributed by atoms with Crippen molar-refractivity contribution in [3.05, 3.63) is 84.4 Å². The van der Waals surface area contributed by atoms with Crippen LogP contribution < -0.4 is 14.4 Å². The van der Waals surface area contributed by atoms with Gasteiger partial charge in [0.15, 0.2) is 5.75 Å². The maximum Gasteiger partial charge on any atom is 0.340 e. The first-order chi connectivity index (χ1) is 15.8. The summed E-state index contributed by atoms with van der Waals surface area (Å²) in [5.41, 5.74) is 0.604. The van der Waals surface area contributed by atoms with Crippen molar-refractivity contribution >= 4 is 33.3 Å². The first-order valence-electron chi connectivity index (χ1n) is 10.1. The Morgan fingerprint density at radius 1 is 0.909 bits per heavy atom. The highest BCUT2D eigenvalue weighted by molar-refractivity contribution is 7.92. The molecule has 0 aliphatic carbocycles. The van der Waals surface area contributed by atoms with E-state index in [9.17, 15) is 18.0 Å². The quantitative estimate of drug-likeness (QED) is 0.475. The van der Waals surface area contributed by atoms with Gasteiger partial charge in [-0.2, -0.15) is 0 Å². The molecule has 0 spiro atoms. The topological polar surface area (TPSA) is 102 Å². The zero-order valence-electron chi connectivity index (χ0n) is 18.2. The molecule has 0 aliphatic heterocycles. The second-order valence-corrected chi connectivity index (χ2v) is 8.87. The number of sulfonamides is 1. The number of ether oxygens (including phenoxy) is 2. The predicted molar refractivity (Wildman–Crippen MR) is 126 cm³/mol. The molecule has 3 aromatic carbocycles. The second-order valence-electron chi connectivity index (χ2n) is 6.97. The van der Waals surface area contributed by atoms with Crippen LogP contribution >= 0.6 is 0 Å². The van der Waals surface area contributed by atoms with Gasteiger partial charge in [-0.15, -0.1) is 0 Å². The molecule has 0 aliphatic rings. The van der Waals surface area contributed by atoms with Crippen LogP contribution in [0.25, 0.3) is 0 Å². The van der Waals surface area contributed by atoms with Gasteiger partial charge in [-0.05, 0) is 43.3 Å². The molecule has 0 saturated heterocycles. The summed E-state index contributed by atoms with van der Waals surface area (Å²) in [4.78, 5) is 25.0. The minimum Gasteiger partial charge on any atom is -0.462 e. The Kier molecular flexibility index (Phi) is 7.68. The summed E-state index contributed by atoms with van der Waals surface area (Å²) in [7, 11) is -3.85. The molecular weight excluding hydrogens is 444 g/mol. The lowest BCUT2D eigenvalue weighted by Gasteiger charge is -2.24. The Labute approximate surface area is 192 Å². The van der Waals surface area contributed by atoms with Crippen LogP contribution in [0.1, 0.15) is 17.3 Å². The molecule has 0 atom stereocenters. The molecule has 0 radical (unpaired) electrons. The zero-order valence-corrected chi connectivity index (χ0v) is 19.0. The lowest BCUT2D eigenvalue weighted by Crippen LogP contribution is -2.37. The highest BCUT2D eigenvalue weighted by Crippen LogP contribution is 2.33. The summed E-state index contributed by atoms with van der Waals surface area (Å²) in [6.45, 7) is 1.34. The van der Waals surface area contributed by atoms with Crippen LogP contribution in [0.4, 0.5) is 11.4 Å². The number of rotatable bonds is 9. The average molecular weight is 469 g/mol. The fourth-order valence-corrected chi connectivity index (χ4v) is 3.91. The highest BCUT2D eigenvalue weighted by atomic mass is 32.2. The number of carbonyl (C=O) groups excluding carboxylic acids is 2. The Morgan fingerprint density at radius 3 is 2.24 bits per heavy atom. The van der Waals surface area contributed by atoms with E-state index in [0.717, 1.165) is 10.6 Å². The van der Waals surface area contributed by atoms with E-state index in [1.807, 2.05) is 6.07 Å². The number of benzene rings is 3. The standard InChI is InChI=1S/C24H24N2O6S/c1-3-31-24(28)19-13-7-8-14-20(19)25-23(27)17-26(33(2,29)30)21-15-9-10-16-22(21)32-18-11-5-4-6-12-18/h4-16H,3,17H2,1-2H3,(H,25,27). The number of esters is 1. The summed E-state index contributed by atoms with van der Waals surface area (Å²) in [6, 6.07) is 21.8. The van der Waals surface area contributed by atoms with Gasteiger partial charge in [0, 0.05) is 0 Å². The van der Waals surface area contributed by atoms with Crippen molar-refractivity contribution in [1.29, 1.82) is 0 Å². The summed E-state index contributed by atoms with van der Waals surface area (Å²) in [5.74, 6) is -0.429. The van der Waals surface area contributed by atoms with Crippen molar-refractivity contribution in [1.82, 2.24) is 0 Å². The van der Waals surface area contributed by atoms with Gasteiger partial charge in [-0.25, -0.2) is 13.2 Å². The molecule has 0 saturated carbocycles. The third-order valence-corrected chi connectivity index (χ3v) is 5.62. The predicted octanol–water partition coefficient (Wildman–Crippen LogP) is 4.06. The summed E-state index contributed by atoms with van der Waals surface area (Å²) >= 11 is 0. The molecular formula is C24H24N2O6S. The minimum absolute atomic E-state index is 0.173. The Hall–Kier alpha value is -3.85. The van der Waals surface area contributed by atoms with Crippen molar-refractivity contribution in [2.24, 2.45) is 0 Å². The Bertz CT molecular complexity index is 1230. The molecule has 172 valence electrons. The van der Waals surface area contributed by atoms with Crippen LogP contribution in [-0.4, -0.2) is 39.7 Å². The van der Waals surface area contributed by atoms with Gasteiger partial charge in [0.25, 0.3) is 0 Å². The van der Waals surface area contributed by atoms with Crippen LogP contribution in [-0.2, 0) is 19.6 Å². The van der Waals surface area contributed by atoms with Crippen LogP contribution in [0.5, 0.6) is 11.5 Å². The molecule has 1 amide bonds. The summed E-state index contributed by atoms with van der Waals surface area (Å²) in [5, 5.41) is 2.60. The molecule has 3 aromatic rings. The molecule has 1 N–H and O–H groups in total. The second kappa shape index (κ2) is 10.6.